The fourth-order valence-corrected chi connectivity index (χ4v) is 4.12. The van der Waals surface area contributed by atoms with Crippen molar-refractivity contribution in [2.24, 2.45) is 0 Å². The monoisotopic (exact) mass is 441 g/mol. The van der Waals surface area contributed by atoms with Crippen molar-refractivity contribution >= 4 is 38.3 Å². The fourth-order valence-electron chi connectivity index (χ4n) is 2.95. The molecule has 6 nitrogen and oxygen atoms in total. The van der Waals surface area contributed by atoms with E-state index >= 15 is 0 Å². The van der Waals surface area contributed by atoms with Crippen LogP contribution in [0.15, 0.2) is 86.9 Å². The van der Waals surface area contributed by atoms with E-state index in [0.717, 1.165) is 5.56 Å². The molecule has 0 spiro atoms. The number of sulfonamides is 1. The summed E-state index contributed by atoms with van der Waals surface area (Å²) in [4.78, 5) is 12.7. The number of fused-ring (bicyclic) bond motifs is 1. The molecule has 0 aliphatic heterocycles. The van der Waals surface area contributed by atoms with Crippen molar-refractivity contribution in [2.75, 3.05) is 11.8 Å². The lowest BCUT2D eigenvalue weighted by atomic mass is 10.1. The van der Waals surface area contributed by atoms with Crippen molar-refractivity contribution in [1.29, 1.82) is 0 Å². The number of nitrogens with one attached hydrogen (secondary N) is 1. The fraction of sp³-hybridized carbons (Fsp3) is 0.0455. The molecule has 0 aliphatic carbocycles. The summed E-state index contributed by atoms with van der Waals surface area (Å²) >= 11 is 5.81. The lowest BCUT2D eigenvalue weighted by Gasteiger charge is -2.09. The Morgan fingerprint density at radius 3 is 2.30 bits per heavy atom. The molecule has 0 atom stereocenters. The summed E-state index contributed by atoms with van der Waals surface area (Å²) < 4.78 is 38.6. The first-order chi connectivity index (χ1) is 14.4. The van der Waals surface area contributed by atoms with E-state index in [9.17, 15) is 13.2 Å². The van der Waals surface area contributed by atoms with Gasteiger partial charge in [-0.2, -0.15) is 0 Å². The topological polar surface area (TPSA) is 85.6 Å². The van der Waals surface area contributed by atoms with E-state index in [4.69, 9.17) is 20.8 Å². The summed E-state index contributed by atoms with van der Waals surface area (Å²) in [6, 6.07) is 18.8. The first kappa shape index (κ1) is 20.0. The number of anilines is 1. The molecule has 8 heteroatoms. The van der Waals surface area contributed by atoms with Gasteiger partial charge in [-0.25, -0.2) is 8.42 Å². The summed E-state index contributed by atoms with van der Waals surface area (Å²) in [6.45, 7) is 0. The predicted octanol–water partition coefficient (Wildman–Crippen LogP) is 4.92. The number of ether oxygens (including phenoxy) is 1. The van der Waals surface area contributed by atoms with Crippen LogP contribution in [-0.2, 0) is 10.0 Å². The highest BCUT2D eigenvalue weighted by molar-refractivity contribution is 7.92. The van der Waals surface area contributed by atoms with Crippen molar-refractivity contribution in [3.05, 3.63) is 88.0 Å². The van der Waals surface area contributed by atoms with Gasteiger partial charge in [-0.05, 0) is 66.7 Å². The first-order valence-corrected chi connectivity index (χ1v) is 10.7. The first-order valence-electron chi connectivity index (χ1n) is 8.86. The molecular weight excluding hydrogens is 426 g/mol. The van der Waals surface area contributed by atoms with Crippen LogP contribution in [0.5, 0.6) is 5.75 Å². The van der Waals surface area contributed by atoms with Gasteiger partial charge >= 0.3 is 0 Å². The summed E-state index contributed by atoms with van der Waals surface area (Å²) in [5, 5.41) is 0.702. The summed E-state index contributed by atoms with van der Waals surface area (Å²) in [6.07, 6.45) is 0. The number of halogens is 1. The molecular formula is C22H16ClNO5S. The second-order valence-electron chi connectivity index (χ2n) is 6.47. The van der Waals surface area contributed by atoms with Gasteiger partial charge in [0.15, 0.2) is 5.43 Å². The van der Waals surface area contributed by atoms with Crippen LogP contribution < -0.4 is 14.9 Å². The van der Waals surface area contributed by atoms with Crippen LogP contribution in [0.4, 0.5) is 5.69 Å². The van der Waals surface area contributed by atoms with Crippen molar-refractivity contribution in [1.82, 2.24) is 0 Å². The van der Waals surface area contributed by atoms with E-state index in [0.29, 0.717) is 22.1 Å². The van der Waals surface area contributed by atoms with Crippen LogP contribution in [0, 0.1) is 0 Å². The third kappa shape index (κ3) is 4.03. The molecule has 0 bridgehead atoms. The Morgan fingerprint density at radius 2 is 1.63 bits per heavy atom. The molecule has 1 heterocycles. The number of rotatable bonds is 5. The van der Waals surface area contributed by atoms with Crippen molar-refractivity contribution in [3.8, 4) is 17.1 Å². The Morgan fingerprint density at radius 1 is 0.933 bits per heavy atom. The zero-order valence-corrected chi connectivity index (χ0v) is 17.3. The van der Waals surface area contributed by atoms with E-state index in [1.165, 1.54) is 42.5 Å². The highest BCUT2D eigenvalue weighted by Crippen LogP contribution is 2.26. The van der Waals surface area contributed by atoms with Crippen LogP contribution >= 0.6 is 11.6 Å². The van der Waals surface area contributed by atoms with Crippen LogP contribution in [0.2, 0.25) is 5.02 Å². The van der Waals surface area contributed by atoms with E-state index in [-0.39, 0.29) is 21.4 Å². The van der Waals surface area contributed by atoms with Gasteiger partial charge in [-0.1, -0.05) is 11.6 Å². The van der Waals surface area contributed by atoms with Crippen LogP contribution in [0.25, 0.3) is 22.3 Å². The molecule has 0 fully saturated rings. The van der Waals surface area contributed by atoms with E-state index in [2.05, 4.69) is 4.72 Å². The van der Waals surface area contributed by atoms with Gasteiger partial charge in [0.1, 0.15) is 17.1 Å². The van der Waals surface area contributed by atoms with Crippen molar-refractivity contribution in [3.63, 3.8) is 0 Å². The largest absolute Gasteiger partial charge is 0.497 e. The lowest BCUT2D eigenvalue weighted by Crippen LogP contribution is -2.13. The molecule has 4 aromatic rings. The Hall–Kier alpha value is -3.29. The number of benzene rings is 3. The SMILES string of the molecule is COc1ccc(-c2cc(=O)c3cc(NS(=O)(=O)c4ccc(Cl)cc4)ccc3o2)cc1. The van der Waals surface area contributed by atoms with Gasteiger partial charge in [0.2, 0.25) is 0 Å². The zero-order chi connectivity index (χ0) is 21.3. The molecule has 3 aromatic carbocycles. The highest BCUT2D eigenvalue weighted by atomic mass is 35.5. The third-order valence-corrected chi connectivity index (χ3v) is 6.13. The van der Waals surface area contributed by atoms with Gasteiger partial charge in [0.05, 0.1) is 17.4 Å². The maximum absolute atomic E-state index is 12.6. The molecule has 0 saturated carbocycles. The Kier molecular flexibility index (Phi) is 5.24. The summed E-state index contributed by atoms with van der Waals surface area (Å²) in [7, 11) is -2.25. The second kappa shape index (κ2) is 7.85. The molecule has 1 aromatic heterocycles. The normalized spacial score (nSPS) is 11.4. The summed E-state index contributed by atoms with van der Waals surface area (Å²) in [5.74, 6) is 1.10. The number of methoxy groups -OCH3 is 1. The maximum Gasteiger partial charge on any atom is 0.261 e. The summed E-state index contributed by atoms with van der Waals surface area (Å²) in [5.41, 5.74) is 1.04. The average molecular weight is 442 g/mol. The minimum Gasteiger partial charge on any atom is -0.497 e. The molecule has 0 radical (unpaired) electrons. The molecule has 152 valence electrons. The maximum atomic E-state index is 12.6. The standard InChI is InChI=1S/C22H16ClNO5S/c1-28-17-7-2-14(3-8-17)22-13-20(25)19-12-16(6-11-21(19)29-22)24-30(26,27)18-9-4-15(23)5-10-18/h2-13,24H,1H3. The van der Waals surface area contributed by atoms with Crippen molar-refractivity contribution in [2.45, 2.75) is 4.90 Å². The minimum atomic E-state index is -3.82. The molecule has 0 amide bonds. The average Bonchev–Trinajstić information content (AvgIpc) is 2.74. The van der Waals surface area contributed by atoms with E-state index in [1.807, 2.05) is 0 Å². The quantitative estimate of drug-likeness (QED) is 0.475. The third-order valence-electron chi connectivity index (χ3n) is 4.48. The zero-order valence-electron chi connectivity index (χ0n) is 15.8. The van der Waals surface area contributed by atoms with Crippen LogP contribution in [0.1, 0.15) is 0 Å². The Balaban J connectivity index is 1.68. The molecule has 0 saturated heterocycles. The number of hydrogen-bond donors (Lipinski definition) is 1. The van der Waals surface area contributed by atoms with Gasteiger partial charge in [0.25, 0.3) is 10.0 Å². The molecule has 1 N–H and O–H groups in total. The van der Waals surface area contributed by atoms with E-state index < -0.39 is 10.0 Å². The predicted molar refractivity (Wildman–Crippen MR) is 117 cm³/mol. The Bertz CT molecular complexity index is 1380. The molecule has 0 unspecified atom stereocenters. The molecule has 30 heavy (non-hydrogen) atoms. The van der Waals surface area contributed by atoms with Crippen molar-refractivity contribution < 1.29 is 17.6 Å². The van der Waals surface area contributed by atoms with Gasteiger partial charge < -0.3 is 9.15 Å². The molecule has 4 rings (SSSR count). The second-order valence-corrected chi connectivity index (χ2v) is 8.59. The smallest absolute Gasteiger partial charge is 0.261 e. The van der Waals surface area contributed by atoms with Gasteiger partial charge in [-0.15, -0.1) is 0 Å². The lowest BCUT2D eigenvalue weighted by molar-refractivity contribution is 0.415. The Labute approximate surface area is 177 Å². The number of hydrogen-bond acceptors (Lipinski definition) is 5. The van der Waals surface area contributed by atoms with Gasteiger partial charge in [0, 0.05) is 22.3 Å². The van der Waals surface area contributed by atoms with Gasteiger partial charge in [-0.3, -0.25) is 9.52 Å². The van der Waals surface area contributed by atoms with Crippen LogP contribution in [-0.4, -0.2) is 15.5 Å². The van der Waals surface area contributed by atoms with Crippen LogP contribution in [0.3, 0.4) is 0 Å². The molecule has 0 aliphatic rings. The minimum absolute atomic E-state index is 0.0638. The highest BCUT2D eigenvalue weighted by Gasteiger charge is 2.15. The van der Waals surface area contributed by atoms with E-state index in [1.54, 1.807) is 37.4 Å².